The highest BCUT2D eigenvalue weighted by atomic mass is 79.9. The van der Waals surface area contributed by atoms with Gasteiger partial charge < -0.3 is 0 Å². The van der Waals surface area contributed by atoms with Crippen molar-refractivity contribution in [2.45, 2.75) is 6.92 Å². The Morgan fingerprint density at radius 1 is 1.27 bits per heavy atom. The van der Waals surface area contributed by atoms with E-state index in [9.17, 15) is 0 Å². The molecule has 0 fully saturated rings. The van der Waals surface area contributed by atoms with Crippen LogP contribution in [0.4, 0.5) is 0 Å². The van der Waals surface area contributed by atoms with Crippen molar-refractivity contribution in [3.8, 4) is 11.3 Å². The zero-order valence-electron chi connectivity index (χ0n) is 8.04. The molecule has 1 heterocycles. The van der Waals surface area contributed by atoms with Crippen LogP contribution in [-0.4, -0.2) is 9.97 Å². The number of aromatic nitrogens is 2. The molecule has 0 aliphatic carbocycles. The Morgan fingerprint density at radius 3 is 2.80 bits per heavy atom. The summed E-state index contributed by atoms with van der Waals surface area (Å²) in [4.78, 5) is 8.16. The summed E-state index contributed by atoms with van der Waals surface area (Å²) < 4.78 is 1.02. The second kappa shape index (κ2) is 4.29. The fraction of sp³-hybridized carbons (Fsp3) is 0.0909. The molecule has 0 N–H and O–H groups in total. The van der Waals surface area contributed by atoms with E-state index in [-0.39, 0.29) is 0 Å². The molecular formula is C11H8BrClN2. The molecule has 0 atom stereocenters. The van der Waals surface area contributed by atoms with Gasteiger partial charge in [0.25, 0.3) is 0 Å². The maximum Gasteiger partial charge on any atom is 0.135 e. The van der Waals surface area contributed by atoms with E-state index in [4.69, 9.17) is 11.6 Å². The number of rotatable bonds is 1. The summed E-state index contributed by atoms with van der Waals surface area (Å²) in [5.74, 6) is 0. The first-order valence-electron chi connectivity index (χ1n) is 4.41. The van der Waals surface area contributed by atoms with Crippen molar-refractivity contribution in [3.63, 3.8) is 0 Å². The molecule has 1 aromatic heterocycles. The first kappa shape index (κ1) is 10.6. The van der Waals surface area contributed by atoms with Gasteiger partial charge in [0.05, 0.1) is 5.69 Å². The van der Waals surface area contributed by atoms with Crippen LogP contribution < -0.4 is 0 Å². The van der Waals surface area contributed by atoms with Crippen molar-refractivity contribution in [1.82, 2.24) is 9.97 Å². The lowest BCUT2D eigenvalue weighted by Gasteiger charge is -2.05. The zero-order valence-corrected chi connectivity index (χ0v) is 10.4. The van der Waals surface area contributed by atoms with Crippen molar-refractivity contribution in [2.75, 3.05) is 0 Å². The third kappa shape index (κ3) is 2.19. The lowest BCUT2D eigenvalue weighted by Crippen LogP contribution is -1.91. The monoisotopic (exact) mass is 282 g/mol. The third-order valence-corrected chi connectivity index (χ3v) is 2.99. The second-order valence-electron chi connectivity index (χ2n) is 3.15. The topological polar surface area (TPSA) is 25.8 Å². The Labute approximate surface area is 101 Å². The Hall–Kier alpha value is -0.930. The second-order valence-corrected chi connectivity index (χ2v) is 4.42. The number of hydrogen-bond acceptors (Lipinski definition) is 2. The van der Waals surface area contributed by atoms with Crippen molar-refractivity contribution < 1.29 is 0 Å². The molecule has 2 aromatic rings. The van der Waals surface area contributed by atoms with Gasteiger partial charge in [-0.3, -0.25) is 0 Å². The highest BCUT2D eigenvalue weighted by Crippen LogP contribution is 2.26. The van der Waals surface area contributed by atoms with E-state index >= 15 is 0 Å². The Balaban J connectivity index is 2.59. The van der Waals surface area contributed by atoms with Crippen LogP contribution in [-0.2, 0) is 0 Å². The summed E-state index contributed by atoms with van der Waals surface area (Å²) in [6, 6.07) is 7.94. The maximum atomic E-state index is 5.94. The van der Waals surface area contributed by atoms with Gasteiger partial charge in [-0.15, -0.1) is 0 Å². The molecule has 0 aliphatic heterocycles. The number of hydrogen-bond donors (Lipinski definition) is 0. The van der Waals surface area contributed by atoms with Crippen LogP contribution in [0.3, 0.4) is 0 Å². The molecule has 0 radical (unpaired) electrons. The maximum absolute atomic E-state index is 5.94. The standard InChI is InChI=1S/C11H8BrClN2/c1-7-10(14-6-15-11(7)13)8-3-2-4-9(12)5-8/h2-6H,1H3. The lowest BCUT2D eigenvalue weighted by molar-refractivity contribution is 1.13. The SMILES string of the molecule is Cc1c(Cl)ncnc1-c1cccc(Br)c1. The zero-order chi connectivity index (χ0) is 10.8. The van der Waals surface area contributed by atoms with Gasteiger partial charge >= 0.3 is 0 Å². The van der Waals surface area contributed by atoms with Crippen LogP contribution in [0.15, 0.2) is 35.1 Å². The van der Waals surface area contributed by atoms with Crippen molar-refractivity contribution in [3.05, 3.63) is 45.8 Å². The Bertz CT molecular complexity index is 500. The molecule has 0 saturated heterocycles. The van der Waals surface area contributed by atoms with Crippen LogP contribution in [0.25, 0.3) is 11.3 Å². The summed E-state index contributed by atoms with van der Waals surface area (Å²) in [6.45, 7) is 1.92. The van der Waals surface area contributed by atoms with E-state index in [1.54, 1.807) is 0 Å². The molecule has 15 heavy (non-hydrogen) atoms. The van der Waals surface area contributed by atoms with Gasteiger partial charge in [-0.2, -0.15) is 0 Å². The lowest BCUT2D eigenvalue weighted by atomic mass is 10.1. The van der Waals surface area contributed by atoms with E-state index in [1.807, 2.05) is 31.2 Å². The van der Waals surface area contributed by atoms with E-state index in [2.05, 4.69) is 25.9 Å². The highest BCUT2D eigenvalue weighted by Gasteiger charge is 2.07. The van der Waals surface area contributed by atoms with Crippen LogP contribution in [0.1, 0.15) is 5.56 Å². The minimum Gasteiger partial charge on any atom is -0.236 e. The highest BCUT2D eigenvalue weighted by molar-refractivity contribution is 9.10. The molecule has 1 aromatic carbocycles. The Morgan fingerprint density at radius 2 is 2.07 bits per heavy atom. The van der Waals surface area contributed by atoms with Crippen molar-refractivity contribution in [1.29, 1.82) is 0 Å². The van der Waals surface area contributed by atoms with Gasteiger partial charge in [0.2, 0.25) is 0 Å². The molecule has 0 amide bonds. The Kier molecular flexibility index (Phi) is 3.03. The summed E-state index contributed by atoms with van der Waals surface area (Å²) in [5.41, 5.74) is 2.81. The smallest absolute Gasteiger partial charge is 0.135 e. The molecule has 0 unspecified atom stereocenters. The minimum atomic E-state index is 0.500. The average Bonchev–Trinajstić information content (AvgIpc) is 2.22. The first-order chi connectivity index (χ1) is 7.18. The van der Waals surface area contributed by atoms with Crippen LogP contribution in [0, 0.1) is 6.92 Å². The molecular weight excluding hydrogens is 275 g/mol. The molecule has 76 valence electrons. The summed E-state index contributed by atoms with van der Waals surface area (Å²) in [6.07, 6.45) is 1.48. The number of nitrogens with zero attached hydrogens (tertiary/aromatic N) is 2. The van der Waals surface area contributed by atoms with E-state index in [0.717, 1.165) is 21.3 Å². The van der Waals surface area contributed by atoms with Crippen molar-refractivity contribution in [2.24, 2.45) is 0 Å². The number of benzene rings is 1. The van der Waals surface area contributed by atoms with Gasteiger partial charge in [0.1, 0.15) is 11.5 Å². The largest absolute Gasteiger partial charge is 0.236 e. The summed E-state index contributed by atoms with van der Waals surface area (Å²) in [7, 11) is 0. The van der Waals surface area contributed by atoms with E-state index < -0.39 is 0 Å². The molecule has 2 nitrogen and oxygen atoms in total. The minimum absolute atomic E-state index is 0.500. The third-order valence-electron chi connectivity index (χ3n) is 2.12. The number of halogens is 2. The van der Waals surface area contributed by atoms with Crippen LogP contribution >= 0.6 is 27.5 Å². The fourth-order valence-electron chi connectivity index (χ4n) is 1.36. The molecule has 0 aliphatic rings. The molecule has 4 heteroatoms. The van der Waals surface area contributed by atoms with E-state index in [1.165, 1.54) is 6.33 Å². The van der Waals surface area contributed by atoms with Crippen LogP contribution in [0.2, 0.25) is 5.15 Å². The van der Waals surface area contributed by atoms with Crippen LogP contribution in [0.5, 0.6) is 0 Å². The fourth-order valence-corrected chi connectivity index (χ4v) is 1.89. The normalized spacial score (nSPS) is 10.3. The molecule has 0 saturated carbocycles. The molecule has 0 spiro atoms. The quantitative estimate of drug-likeness (QED) is 0.743. The predicted octanol–water partition coefficient (Wildman–Crippen LogP) is 3.87. The van der Waals surface area contributed by atoms with E-state index in [0.29, 0.717) is 5.15 Å². The first-order valence-corrected chi connectivity index (χ1v) is 5.58. The van der Waals surface area contributed by atoms with Gasteiger partial charge in [-0.05, 0) is 19.1 Å². The molecule has 0 bridgehead atoms. The van der Waals surface area contributed by atoms with Gasteiger partial charge in [-0.25, -0.2) is 9.97 Å². The van der Waals surface area contributed by atoms with Crippen molar-refractivity contribution >= 4 is 27.5 Å². The van der Waals surface area contributed by atoms with Gasteiger partial charge in [-0.1, -0.05) is 39.7 Å². The summed E-state index contributed by atoms with van der Waals surface area (Å²) >= 11 is 9.37. The van der Waals surface area contributed by atoms with Gasteiger partial charge in [0, 0.05) is 15.6 Å². The van der Waals surface area contributed by atoms with Gasteiger partial charge in [0.15, 0.2) is 0 Å². The molecule has 2 rings (SSSR count). The average molecular weight is 284 g/mol. The summed E-state index contributed by atoms with van der Waals surface area (Å²) in [5, 5.41) is 0.500. The predicted molar refractivity (Wildman–Crippen MR) is 64.9 cm³/mol.